The lowest BCUT2D eigenvalue weighted by Crippen LogP contribution is -2.27. The zero-order valence-electron chi connectivity index (χ0n) is 18.0. The number of benzene rings is 2. The van der Waals surface area contributed by atoms with Crippen molar-refractivity contribution in [1.82, 2.24) is 0 Å². The molecule has 6 nitrogen and oxygen atoms in total. The van der Waals surface area contributed by atoms with E-state index in [1.54, 1.807) is 0 Å². The summed E-state index contributed by atoms with van der Waals surface area (Å²) in [6, 6.07) is 13.7. The van der Waals surface area contributed by atoms with Crippen LogP contribution in [0.5, 0.6) is 11.5 Å². The van der Waals surface area contributed by atoms with Crippen molar-refractivity contribution in [1.29, 1.82) is 5.26 Å². The highest BCUT2D eigenvalue weighted by molar-refractivity contribution is 9.10. The first kappa shape index (κ1) is 23.4. The standard InChI is InChI=1S/C25H22Br2N2O4/c1-2-31-21-11-15(10-18(27)24(21)32-13-14-6-8-16(26)9-7-14)22-17(12-28)25(29)33-20-5-3-4-19(30)23(20)22/h6-11,22H,2-5,13,29H2,1H3/t22-/m0/s1. The highest BCUT2D eigenvalue weighted by atomic mass is 79.9. The van der Waals surface area contributed by atoms with Gasteiger partial charge >= 0.3 is 0 Å². The molecule has 2 aliphatic rings. The second-order valence-corrected chi connectivity index (χ2v) is 9.49. The van der Waals surface area contributed by atoms with Crippen LogP contribution in [0, 0.1) is 11.3 Å². The monoisotopic (exact) mass is 572 g/mol. The minimum Gasteiger partial charge on any atom is -0.490 e. The van der Waals surface area contributed by atoms with Crippen LogP contribution in [-0.4, -0.2) is 12.4 Å². The quantitative estimate of drug-likeness (QED) is 0.455. The molecule has 4 rings (SSSR count). The van der Waals surface area contributed by atoms with Crippen molar-refractivity contribution in [2.24, 2.45) is 5.73 Å². The number of ether oxygens (including phenoxy) is 3. The van der Waals surface area contributed by atoms with E-state index in [4.69, 9.17) is 19.9 Å². The third-order valence-corrected chi connectivity index (χ3v) is 6.68. The van der Waals surface area contributed by atoms with Crippen LogP contribution in [-0.2, 0) is 16.1 Å². The summed E-state index contributed by atoms with van der Waals surface area (Å²) in [7, 11) is 0. The normalized spacial score (nSPS) is 17.9. The van der Waals surface area contributed by atoms with Crippen molar-refractivity contribution in [2.45, 2.75) is 38.7 Å². The fourth-order valence-corrected chi connectivity index (χ4v) is 4.92. The predicted molar refractivity (Wildman–Crippen MR) is 130 cm³/mol. The summed E-state index contributed by atoms with van der Waals surface area (Å²) in [4.78, 5) is 12.8. The number of carbonyl (C=O) groups excluding carboxylic acids is 1. The Hall–Kier alpha value is -2.76. The Bertz CT molecular complexity index is 1200. The number of halogens is 2. The number of hydrogen-bond acceptors (Lipinski definition) is 6. The van der Waals surface area contributed by atoms with Gasteiger partial charge in [0, 0.05) is 22.9 Å². The number of rotatable bonds is 6. The summed E-state index contributed by atoms with van der Waals surface area (Å²) >= 11 is 7.04. The molecule has 0 bridgehead atoms. The SMILES string of the molecule is CCOc1cc([C@H]2C(C#N)=C(N)OC3=C2C(=O)CCC3)cc(Br)c1OCc1ccc(Br)cc1. The van der Waals surface area contributed by atoms with Crippen LogP contribution in [0.15, 0.2) is 68.1 Å². The average Bonchev–Trinajstić information content (AvgIpc) is 2.79. The van der Waals surface area contributed by atoms with Gasteiger partial charge in [-0.2, -0.15) is 5.26 Å². The van der Waals surface area contributed by atoms with Crippen molar-refractivity contribution < 1.29 is 19.0 Å². The highest BCUT2D eigenvalue weighted by Gasteiger charge is 2.38. The van der Waals surface area contributed by atoms with E-state index in [1.165, 1.54) is 0 Å². The lowest BCUT2D eigenvalue weighted by Gasteiger charge is -2.31. The van der Waals surface area contributed by atoms with E-state index in [1.807, 2.05) is 43.3 Å². The first-order chi connectivity index (χ1) is 15.9. The van der Waals surface area contributed by atoms with E-state index >= 15 is 0 Å². The van der Waals surface area contributed by atoms with Crippen LogP contribution in [0.2, 0.25) is 0 Å². The maximum absolute atomic E-state index is 12.8. The van der Waals surface area contributed by atoms with Crippen molar-refractivity contribution in [3.05, 3.63) is 79.3 Å². The fourth-order valence-electron chi connectivity index (χ4n) is 4.08. The van der Waals surface area contributed by atoms with Crippen LogP contribution in [0.4, 0.5) is 0 Å². The number of carbonyl (C=O) groups is 1. The smallest absolute Gasteiger partial charge is 0.205 e. The van der Waals surface area contributed by atoms with Crippen LogP contribution in [0.3, 0.4) is 0 Å². The molecule has 0 saturated carbocycles. The summed E-state index contributed by atoms with van der Waals surface area (Å²) in [5, 5.41) is 9.82. The summed E-state index contributed by atoms with van der Waals surface area (Å²) < 4.78 is 19.3. The summed E-state index contributed by atoms with van der Waals surface area (Å²) in [5.41, 5.74) is 8.52. The molecule has 2 aromatic rings. The number of hydrogen-bond donors (Lipinski definition) is 1. The molecule has 1 heterocycles. The molecular weight excluding hydrogens is 552 g/mol. The van der Waals surface area contributed by atoms with Crippen LogP contribution >= 0.6 is 31.9 Å². The molecule has 8 heteroatoms. The molecule has 0 spiro atoms. The van der Waals surface area contributed by atoms with E-state index in [0.29, 0.717) is 65.3 Å². The molecule has 0 radical (unpaired) electrons. The van der Waals surface area contributed by atoms with Gasteiger partial charge in [-0.05, 0) is 64.7 Å². The Kier molecular flexibility index (Phi) is 7.11. The Morgan fingerprint density at radius 3 is 2.64 bits per heavy atom. The van der Waals surface area contributed by atoms with Gasteiger partial charge in [-0.3, -0.25) is 4.79 Å². The van der Waals surface area contributed by atoms with Crippen LogP contribution in [0.25, 0.3) is 0 Å². The number of nitrogens with two attached hydrogens (primary N) is 1. The second-order valence-electron chi connectivity index (χ2n) is 7.72. The number of Topliss-reactive ketones (excluding diaryl/α,β-unsaturated/α-hetero) is 1. The largest absolute Gasteiger partial charge is 0.490 e. The topological polar surface area (TPSA) is 94.6 Å². The third-order valence-electron chi connectivity index (χ3n) is 5.57. The Morgan fingerprint density at radius 1 is 1.18 bits per heavy atom. The summed E-state index contributed by atoms with van der Waals surface area (Å²) in [6.45, 7) is 2.67. The first-order valence-corrected chi connectivity index (χ1v) is 12.2. The molecule has 0 fully saturated rings. The average molecular weight is 574 g/mol. The molecule has 33 heavy (non-hydrogen) atoms. The van der Waals surface area contributed by atoms with E-state index in [0.717, 1.165) is 10.0 Å². The summed E-state index contributed by atoms with van der Waals surface area (Å²) in [6.07, 6.45) is 1.74. The minimum absolute atomic E-state index is 0.0221. The molecule has 0 unspecified atom stereocenters. The third kappa shape index (κ3) is 4.80. The van der Waals surface area contributed by atoms with Crippen molar-refractivity contribution in [3.63, 3.8) is 0 Å². The van der Waals surface area contributed by atoms with Gasteiger partial charge in [0.25, 0.3) is 0 Å². The zero-order valence-corrected chi connectivity index (χ0v) is 21.2. The lowest BCUT2D eigenvalue weighted by molar-refractivity contribution is -0.116. The molecule has 2 N–H and O–H groups in total. The highest BCUT2D eigenvalue weighted by Crippen LogP contribution is 2.47. The van der Waals surface area contributed by atoms with Gasteiger partial charge in [0.2, 0.25) is 5.88 Å². The van der Waals surface area contributed by atoms with E-state index in [2.05, 4.69) is 37.9 Å². The van der Waals surface area contributed by atoms with Gasteiger partial charge in [0.15, 0.2) is 17.3 Å². The van der Waals surface area contributed by atoms with Crippen molar-refractivity contribution in [2.75, 3.05) is 6.61 Å². The molecule has 0 amide bonds. The Balaban J connectivity index is 1.75. The molecule has 170 valence electrons. The maximum atomic E-state index is 12.8. The van der Waals surface area contributed by atoms with Crippen molar-refractivity contribution >= 4 is 37.6 Å². The van der Waals surface area contributed by atoms with Gasteiger partial charge in [0.1, 0.15) is 24.0 Å². The number of nitrogens with zero attached hydrogens (tertiary/aromatic N) is 1. The van der Waals surface area contributed by atoms with Crippen LogP contribution < -0.4 is 15.2 Å². The number of ketones is 1. The van der Waals surface area contributed by atoms with E-state index in [9.17, 15) is 10.1 Å². The van der Waals surface area contributed by atoms with Crippen LogP contribution in [0.1, 0.15) is 43.2 Å². The Labute approximate surface area is 209 Å². The first-order valence-electron chi connectivity index (χ1n) is 10.6. The number of nitriles is 1. The molecule has 1 atom stereocenters. The maximum Gasteiger partial charge on any atom is 0.205 e. The van der Waals surface area contributed by atoms with Gasteiger partial charge in [0.05, 0.1) is 17.0 Å². The molecule has 1 aliphatic carbocycles. The summed E-state index contributed by atoms with van der Waals surface area (Å²) in [5.74, 6) is 1.04. The van der Waals surface area contributed by atoms with E-state index in [-0.39, 0.29) is 17.2 Å². The van der Waals surface area contributed by atoms with Gasteiger partial charge in [-0.1, -0.05) is 28.1 Å². The minimum atomic E-state index is -0.609. The molecular formula is C25H22Br2N2O4. The van der Waals surface area contributed by atoms with Gasteiger partial charge < -0.3 is 19.9 Å². The van der Waals surface area contributed by atoms with Gasteiger partial charge in [-0.25, -0.2) is 0 Å². The Morgan fingerprint density at radius 2 is 1.94 bits per heavy atom. The van der Waals surface area contributed by atoms with Crippen molar-refractivity contribution in [3.8, 4) is 17.6 Å². The van der Waals surface area contributed by atoms with Gasteiger partial charge in [-0.15, -0.1) is 0 Å². The molecule has 2 aromatic carbocycles. The molecule has 0 aromatic heterocycles. The zero-order chi connectivity index (χ0) is 23.5. The molecule has 0 saturated heterocycles. The van der Waals surface area contributed by atoms with E-state index < -0.39 is 5.92 Å². The fraction of sp³-hybridized carbons (Fsp3) is 0.280. The second kappa shape index (κ2) is 10.0. The lowest BCUT2D eigenvalue weighted by atomic mass is 9.77. The predicted octanol–water partition coefficient (Wildman–Crippen LogP) is 6.00. The molecule has 1 aliphatic heterocycles. The number of allylic oxidation sites excluding steroid dienone is 3.